The van der Waals surface area contributed by atoms with E-state index in [0.29, 0.717) is 12.6 Å². The number of methoxy groups -OCH3 is 1. The molecular formula is C20H30N2O3. The first kappa shape index (κ1) is 18.1. The zero-order valence-electron chi connectivity index (χ0n) is 15.7. The molecule has 1 aromatic carbocycles. The van der Waals surface area contributed by atoms with Crippen molar-refractivity contribution in [2.24, 2.45) is 5.92 Å². The van der Waals surface area contributed by atoms with Crippen molar-refractivity contribution < 1.29 is 14.3 Å². The molecule has 3 rings (SSSR count). The fourth-order valence-corrected chi connectivity index (χ4v) is 3.93. The molecule has 2 aliphatic rings. The molecule has 0 radical (unpaired) electrons. The summed E-state index contributed by atoms with van der Waals surface area (Å²) < 4.78 is 11.1. The van der Waals surface area contributed by atoms with E-state index in [1.165, 1.54) is 25.8 Å². The minimum atomic E-state index is -0.103. The van der Waals surface area contributed by atoms with Gasteiger partial charge in [-0.2, -0.15) is 0 Å². The Balaban J connectivity index is 1.55. The number of carbonyl (C=O) groups is 1. The maximum Gasteiger partial charge on any atom is 0.229 e. The van der Waals surface area contributed by atoms with Gasteiger partial charge in [0.1, 0.15) is 18.1 Å². The zero-order chi connectivity index (χ0) is 17.8. The van der Waals surface area contributed by atoms with Gasteiger partial charge in [0.2, 0.25) is 5.91 Å². The number of fused-ring (bicyclic) bond motifs is 1. The summed E-state index contributed by atoms with van der Waals surface area (Å²) >= 11 is 0. The maximum atomic E-state index is 12.8. The van der Waals surface area contributed by atoms with Gasteiger partial charge in [-0.05, 0) is 63.0 Å². The predicted molar refractivity (Wildman–Crippen MR) is 98.2 cm³/mol. The molecular weight excluding hydrogens is 316 g/mol. The number of piperidine rings is 1. The molecule has 0 saturated carbocycles. The molecule has 5 nitrogen and oxygen atoms in total. The fourth-order valence-electron chi connectivity index (χ4n) is 3.93. The van der Waals surface area contributed by atoms with Crippen molar-refractivity contribution in [1.82, 2.24) is 9.80 Å². The number of nitrogens with zero attached hydrogens (tertiary/aromatic N) is 2. The van der Waals surface area contributed by atoms with Gasteiger partial charge in [-0.3, -0.25) is 4.79 Å². The molecule has 0 aromatic heterocycles. The number of hydrogen-bond donors (Lipinski definition) is 0. The molecule has 0 N–H and O–H groups in total. The van der Waals surface area contributed by atoms with Gasteiger partial charge in [0.15, 0.2) is 0 Å². The van der Waals surface area contributed by atoms with Gasteiger partial charge >= 0.3 is 0 Å². The molecule has 2 heterocycles. The Labute approximate surface area is 150 Å². The summed E-state index contributed by atoms with van der Waals surface area (Å²) in [5.41, 5.74) is 1.06. The lowest BCUT2D eigenvalue weighted by Gasteiger charge is -2.34. The summed E-state index contributed by atoms with van der Waals surface area (Å²) in [4.78, 5) is 17.1. The number of ether oxygens (including phenoxy) is 2. The van der Waals surface area contributed by atoms with E-state index in [2.05, 4.69) is 11.9 Å². The lowest BCUT2D eigenvalue weighted by atomic mass is 9.95. The van der Waals surface area contributed by atoms with E-state index < -0.39 is 0 Å². The van der Waals surface area contributed by atoms with Crippen LogP contribution < -0.4 is 9.47 Å². The van der Waals surface area contributed by atoms with E-state index in [-0.39, 0.29) is 11.8 Å². The molecule has 1 saturated heterocycles. The van der Waals surface area contributed by atoms with E-state index in [1.807, 2.05) is 30.1 Å². The van der Waals surface area contributed by atoms with Crippen LogP contribution in [0.15, 0.2) is 18.2 Å². The van der Waals surface area contributed by atoms with Crippen LogP contribution in [0.5, 0.6) is 11.5 Å². The fraction of sp³-hybridized carbons (Fsp3) is 0.650. The molecule has 138 valence electrons. The monoisotopic (exact) mass is 346 g/mol. The second-order valence-electron chi connectivity index (χ2n) is 7.36. The van der Waals surface area contributed by atoms with Crippen LogP contribution in [-0.4, -0.2) is 62.7 Å². The molecule has 0 spiro atoms. The minimum Gasteiger partial charge on any atom is -0.497 e. The standard InChI is InChI=1S/C20H30N2O3/c1-21-10-5-4-6-17(21)9-11-22(2)20(23)16-12-15-13-18(24-3)7-8-19(15)25-14-16/h7-8,13,16-17H,4-6,9-12,14H2,1-3H3. The molecule has 2 unspecified atom stereocenters. The molecule has 2 atom stereocenters. The van der Waals surface area contributed by atoms with Crippen LogP contribution in [0.25, 0.3) is 0 Å². The Morgan fingerprint density at radius 1 is 1.40 bits per heavy atom. The number of hydrogen-bond acceptors (Lipinski definition) is 4. The normalized spacial score (nSPS) is 23.5. The van der Waals surface area contributed by atoms with Gasteiger partial charge in [-0.25, -0.2) is 0 Å². The lowest BCUT2D eigenvalue weighted by molar-refractivity contribution is -0.135. The molecule has 1 aromatic rings. The third-order valence-corrected chi connectivity index (χ3v) is 5.62. The summed E-state index contributed by atoms with van der Waals surface area (Å²) in [7, 11) is 5.78. The Morgan fingerprint density at radius 2 is 2.24 bits per heavy atom. The highest BCUT2D eigenvalue weighted by Crippen LogP contribution is 2.31. The van der Waals surface area contributed by atoms with E-state index in [4.69, 9.17) is 9.47 Å². The van der Waals surface area contributed by atoms with Crippen LogP contribution in [0.3, 0.4) is 0 Å². The minimum absolute atomic E-state index is 0.103. The molecule has 0 bridgehead atoms. The van der Waals surface area contributed by atoms with Crippen molar-refractivity contribution in [1.29, 1.82) is 0 Å². The van der Waals surface area contributed by atoms with Crippen LogP contribution in [-0.2, 0) is 11.2 Å². The van der Waals surface area contributed by atoms with Crippen LogP contribution in [0.4, 0.5) is 0 Å². The number of rotatable bonds is 5. The molecule has 0 aliphatic carbocycles. The average Bonchev–Trinajstić information content (AvgIpc) is 2.65. The summed E-state index contributed by atoms with van der Waals surface area (Å²) in [5, 5.41) is 0. The Bertz CT molecular complexity index is 605. The number of amides is 1. The van der Waals surface area contributed by atoms with Crippen molar-refractivity contribution in [2.75, 3.05) is 40.9 Å². The van der Waals surface area contributed by atoms with Crippen molar-refractivity contribution in [3.63, 3.8) is 0 Å². The predicted octanol–water partition coefficient (Wildman–Crippen LogP) is 2.58. The van der Waals surface area contributed by atoms with Crippen molar-refractivity contribution in [3.8, 4) is 11.5 Å². The first-order valence-electron chi connectivity index (χ1n) is 9.33. The van der Waals surface area contributed by atoms with Gasteiger partial charge in [-0.15, -0.1) is 0 Å². The molecule has 2 aliphatic heterocycles. The largest absolute Gasteiger partial charge is 0.497 e. The molecule has 1 fully saturated rings. The van der Waals surface area contributed by atoms with Gasteiger partial charge in [0.05, 0.1) is 13.0 Å². The average molecular weight is 346 g/mol. The highest BCUT2D eigenvalue weighted by atomic mass is 16.5. The third-order valence-electron chi connectivity index (χ3n) is 5.62. The SMILES string of the molecule is COc1ccc2c(c1)CC(C(=O)N(C)CCC1CCCCN1C)CO2. The van der Waals surface area contributed by atoms with E-state index >= 15 is 0 Å². The van der Waals surface area contributed by atoms with Crippen molar-refractivity contribution >= 4 is 5.91 Å². The quantitative estimate of drug-likeness (QED) is 0.822. The van der Waals surface area contributed by atoms with Crippen molar-refractivity contribution in [3.05, 3.63) is 23.8 Å². The summed E-state index contributed by atoms with van der Waals surface area (Å²) in [6, 6.07) is 6.41. The highest BCUT2D eigenvalue weighted by molar-refractivity contribution is 5.79. The van der Waals surface area contributed by atoms with Crippen LogP contribution in [0, 0.1) is 5.92 Å². The number of likely N-dealkylation sites (tertiary alicyclic amines) is 1. The van der Waals surface area contributed by atoms with Gasteiger partial charge in [-0.1, -0.05) is 6.42 Å². The molecule has 5 heteroatoms. The Kier molecular flexibility index (Phi) is 5.84. The first-order valence-corrected chi connectivity index (χ1v) is 9.33. The van der Waals surface area contributed by atoms with E-state index in [0.717, 1.165) is 36.4 Å². The van der Waals surface area contributed by atoms with Crippen LogP contribution in [0.2, 0.25) is 0 Å². The Hall–Kier alpha value is -1.75. The van der Waals surface area contributed by atoms with Gasteiger partial charge in [0, 0.05) is 19.6 Å². The lowest BCUT2D eigenvalue weighted by Crippen LogP contribution is -2.42. The van der Waals surface area contributed by atoms with Gasteiger partial charge < -0.3 is 19.3 Å². The maximum absolute atomic E-state index is 12.8. The van der Waals surface area contributed by atoms with E-state index in [1.54, 1.807) is 7.11 Å². The summed E-state index contributed by atoms with van der Waals surface area (Å²) in [5.74, 6) is 1.76. The summed E-state index contributed by atoms with van der Waals surface area (Å²) in [6.07, 6.45) is 5.62. The molecule has 25 heavy (non-hydrogen) atoms. The first-order chi connectivity index (χ1) is 12.1. The Morgan fingerprint density at radius 3 is 3.00 bits per heavy atom. The molecule has 1 amide bonds. The second kappa shape index (κ2) is 8.09. The number of benzene rings is 1. The smallest absolute Gasteiger partial charge is 0.229 e. The number of carbonyl (C=O) groups excluding carboxylic acids is 1. The van der Waals surface area contributed by atoms with Crippen LogP contribution in [0.1, 0.15) is 31.2 Å². The zero-order valence-corrected chi connectivity index (χ0v) is 15.7. The highest BCUT2D eigenvalue weighted by Gasteiger charge is 2.29. The van der Waals surface area contributed by atoms with Crippen molar-refractivity contribution in [2.45, 2.75) is 38.1 Å². The summed E-state index contributed by atoms with van der Waals surface area (Å²) in [6.45, 7) is 2.46. The van der Waals surface area contributed by atoms with Gasteiger partial charge in [0.25, 0.3) is 0 Å². The third kappa shape index (κ3) is 4.27. The topological polar surface area (TPSA) is 42.0 Å². The van der Waals surface area contributed by atoms with E-state index in [9.17, 15) is 4.79 Å². The second-order valence-corrected chi connectivity index (χ2v) is 7.36. The van der Waals surface area contributed by atoms with Crippen LogP contribution >= 0.6 is 0 Å².